The van der Waals surface area contributed by atoms with E-state index in [1.54, 1.807) is 23.3 Å². The first kappa shape index (κ1) is 24.3. The van der Waals surface area contributed by atoms with Crippen LogP contribution in [0.25, 0.3) is 0 Å². The molecule has 0 bridgehead atoms. The predicted octanol–water partition coefficient (Wildman–Crippen LogP) is 4.36. The minimum atomic E-state index is -0.836. The number of rotatable bonds is 8. The lowest BCUT2D eigenvalue weighted by atomic mass is 9.90. The Kier molecular flexibility index (Phi) is 7.56. The average molecular weight is 484 g/mol. The van der Waals surface area contributed by atoms with E-state index in [9.17, 15) is 14.4 Å². The van der Waals surface area contributed by atoms with E-state index in [4.69, 9.17) is 4.74 Å². The van der Waals surface area contributed by atoms with Crippen molar-refractivity contribution >= 4 is 29.2 Å². The van der Waals surface area contributed by atoms with E-state index in [2.05, 4.69) is 11.4 Å². The molecule has 2 heterocycles. The first-order valence-corrected chi connectivity index (χ1v) is 12.9. The molecule has 1 aromatic carbocycles. The van der Waals surface area contributed by atoms with E-state index in [1.165, 1.54) is 4.88 Å². The highest BCUT2D eigenvalue weighted by Gasteiger charge is 2.51. The van der Waals surface area contributed by atoms with Crippen LogP contribution in [0.4, 0.5) is 4.79 Å². The van der Waals surface area contributed by atoms with Crippen molar-refractivity contribution in [3.8, 4) is 5.75 Å². The first-order chi connectivity index (χ1) is 16.4. The van der Waals surface area contributed by atoms with Crippen molar-refractivity contribution in [2.24, 2.45) is 0 Å². The number of carbonyl (C=O) groups excluding carboxylic acids is 3. The van der Waals surface area contributed by atoms with Crippen molar-refractivity contribution in [3.05, 3.63) is 52.2 Å². The summed E-state index contributed by atoms with van der Waals surface area (Å²) in [6.07, 6.45) is 5.97. The highest BCUT2D eigenvalue weighted by atomic mass is 32.1. The quantitative estimate of drug-likeness (QED) is 0.566. The summed E-state index contributed by atoms with van der Waals surface area (Å²) in [7, 11) is 1.62. The molecule has 1 aliphatic heterocycles. The van der Waals surface area contributed by atoms with Gasteiger partial charge in [-0.1, -0.05) is 43.9 Å². The van der Waals surface area contributed by atoms with Gasteiger partial charge in [0.15, 0.2) is 0 Å². The van der Waals surface area contributed by atoms with Crippen LogP contribution in [0.2, 0.25) is 0 Å². The predicted molar refractivity (Wildman–Crippen MR) is 132 cm³/mol. The van der Waals surface area contributed by atoms with E-state index >= 15 is 0 Å². The molecule has 0 unspecified atom stereocenters. The van der Waals surface area contributed by atoms with Gasteiger partial charge in [0.05, 0.1) is 7.11 Å². The number of benzene rings is 1. The Labute approximate surface area is 205 Å². The van der Waals surface area contributed by atoms with E-state index in [-0.39, 0.29) is 24.4 Å². The zero-order valence-electron chi connectivity index (χ0n) is 19.9. The van der Waals surface area contributed by atoms with Crippen LogP contribution in [0, 0.1) is 0 Å². The molecule has 7 nitrogen and oxygen atoms in total. The van der Waals surface area contributed by atoms with E-state index < -0.39 is 11.6 Å². The number of thiophene rings is 1. The summed E-state index contributed by atoms with van der Waals surface area (Å²) in [5.74, 6) is 0.276. The van der Waals surface area contributed by atoms with Crippen molar-refractivity contribution in [3.63, 3.8) is 0 Å². The maximum atomic E-state index is 13.6. The Balaban J connectivity index is 1.51. The fourth-order valence-electron chi connectivity index (χ4n) is 4.96. The van der Waals surface area contributed by atoms with Crippen LogP contribution in [0.1, 0.15) is 55.9 Å². The van der Waals surface area contributed by atoms with Gasteiger partial charge in [-0.25, -0.2) is 4.79 Å². The van der Waals surface area contributed by atoms with Gasteiger partial charge >= 0.3 is 6.03 Å². The SMILES string of the molecule is COc1ccc(CN(C(=O)CN2C(=O)NC3(CCCCCC3)C2=O)[C@@H](C)Cc2cccs2)cc1. The second-order valence-corrected chi connectivity index (χ2v) is 10.4. The minimum Gasteiger partial charge on any atom is -0.497 e. The number of urea groups is 1. The fourth-order valence-corrected chi connectivity index (χ4v) is 5.79. The number of amides is 4. The highest BCUT2D eigenvalue weighted by Crippen LogP contribution is 2.33. The molecular formula is C26H33N3O4S. The number of imide groups is 1. The lowest BCUT2D eigenvalue weighted by Gasteiger charge is -2.31. The van der Waals surface area contributed by atoms with Crippen molar-refractivity contribution in [1.82, 2.24) is 15.1 Å². The summed E-state index contributed by atoms with van der Waals surface area (Å²) >= 11 is 1.66. The standard InChI is InChI=1S/C26H33N3O4S/c1-19(16-22-8-7-15-34-22)28(17-20-9-11-21(33-2)12-10-20)23(30)18-29-24(31)26(27-25(29)32)13-5-3-4-6-14-26/h7-12,15,19H,3-6,13-14,16-18H2,1-2H3,(H,27,32)/t19-/m0/s1. The van der Waals surface area contributed by atoms with Gasteiger partial charge in [0.2, 0.25) is 5.91 Å². The van der Waals surface area contributed by atoms with Gasteiger partial charge in [-0.05, 0) is 48.9 Å². The van der Waals surface area contributed by atoms with E-state index in [0.717, 1.165) is 41.9 Å². The van der Waals surface area contributed by atoms with E-state index in [1.807, 2.05) is 42.6 Å². The van der Waals surface area contributed by atoms with Gasteiger partial charge in [0, 0.05) is 23.9 Å². The van der Waals surface area contributed by atoms with Crippen molar-refractivity contribution < 1.29 is 19.1 Å². The zero-order chi connectivity index (χ0) is 24.1. The molecule has 2 aromatic rings. The number of hydrogen-bond acceptors (Lipinski definition) is 5. The number of carbonyl (C=O) groups is 3. The number of nitrogens with zero attached hydrogens (tertiary/aromatic N) is 2. The summed E-state index contributed by atoms with van der Waals surface area (Å²) in [5, 5.41) is 4.96. The Morgan fingerprint density at radius 3 is 2.47 bits per heavy atom. The summed E-state index contributed by atoms with van der Waals surface area (Å²) in [4.78, 5) is 43.8. The summed E-state index contributed by atoms with van der Waals surface area (Å²) in [6, 6.07) is 11.1. The van der Waals surface area contributed by atoms with Crippen molar-refractivity contribution in [2.45, 2.75) is 70.0 Å². The number of nitrogens with one attached hydrogen (secondary N) is 1. The van der Waals surface area contributed by atoms with Gasteiger partial charge in [-0.15, -0.1) is 11.3 Å². The number of methoxy groups -OCH3 is 1. The van der Waals surface area contributed by atoms with Gasteiger partial charge in [-0.3, -0.25) is 14.5 Å². The van der Waals surface area contributed by atoms with Crippen molar-refractivity contribution in [1.29, 1.82) is 0 Å². The minimum absolute atomic E-state index is 0.0964. The van der Waals surface area contributed by atoms with Crippen molar-refractivity contribution in [2.75, 3.05) is 13.7 Å². The van der Waals surface area contributed by atoms with Crippen LogP contribution in [-0.4, -0.2) is 52.9 Å². The molecular weight excluding hydrogens is 450 g/mol. The molecule has 1 atom stereocenters. The van der Waals surface area contributed by atoms with E-state index in [0.29, 0.717) is 25.8 Å². The topological polar surface area (TPSA) is 79.0 Å². The monoisotopic (exact) mass is 483 g/mol. The third-order valence-electron chi connectivity index (χ3n) is 6.94. The lowest BCUT2D eigenvalue weighted by Crippen LogP contribution is -2.48. The molecule has 1 saturated heterocycles. The maximum Gasteiger partial charge on any atom is 0.325 e. The Morgan fingerprint density at radius 2 is 1.85 bits per heavy atom. The molecule has 0 radical (unpaired) electrons. The van der Waals surface area contributed by atoms with Crippen LogP contribution >= 0.6 is 11.3 Å². The molecule has 1 N–H and O–H groups in total. The van der Waals surface area contributed by atoms with Gasteiger partial charge in [0.1, 0.15) is 17.8 Å². The maximum absolute atomic E-state index is 13.6. The molecule has 1 aliphatic carbocycles. The largest absolute Gasteiger partial charge is 0.497 e. The van der Waals surface area contributed by atoms with Gasteiger partial charge in [0.25, 0.3) is 5.91 Å². The first-order valence-electron chi connectivity index (χ1n) is 12.0. The molecule has 34 heavy (non-hydrogen) atoms. The summed E-state index contributed by atoms with van der Waals surface area (Å²) < 4.78 is 5.25. The molecule has 1 spiro atoms. The molecule has 1 aromatic heterocycles. The Hall–Kier alpha value is -2.87. The van der Waals surface area contributed by atoms with Crippen LogP contribution in [-0.2, 0) is 22.6 Å². The van der Waals surface area contributed by atoms with Crippen LogP contribution in [0.5, 0.6) is 5.75 Å². The second-order valence-electron chi connectivity index (χ2n) is 9.32. The third-order valence-corrected chi connectivity index (χ3v) is 7.84. The zero-order valence-corrected chi connectivity index (χ0v) is 20.7. The fraction of sp³-hybridized carbons (Fsp3) is 0.500. The summed E-state index contributed by atoms with van der Waals surface area (Å²) in [6.45, 7) is 2.17. The van der Waals surface area contributed by atoms with Gasteiger partial charge in [-0.2, -0.15) is 0 Å². The molecule has 182 valence electrons. The molecule has 2 fully saturated rings. The van der Waals surface area contributed by atoms with Crippen LogP contribution in [0.15, 0.2) is 41.8 Å². The number of ether oxygens (including phenoxy) is 1. The Morgan fingerprint density at radius 1 is 1.15 bits per heavy atom. The number of hydrogen-bond donors (Lipinski definition) is 1. The third kappa shape index (κ3) is 5.27. The lowest BCUT2D eigenvalue weighted by molar-refractivity contribution is -0.140. The average Bonchev–Trinajstić information content (AvgIpc) is 3.33. The summed E-state index contributed by atoms with van der Waals surface area (Å²) in [5.41, 5.74) is 0.127. The smallest absolute Gasteiger partial charge is 0.325 e. The molecule has 1 saturated carbocycles. The molecule has 4 amide bonds. The molecule has 8 heteroatoms. The normalized spacial score (nSPS) is 18.5. The second kappa shape index (κ2) is 10.6. The highest BCUT2D eigenvalue weighted by molar-refractivity contribution is 7.09. The molecule has 4 rings (SSSR count). The Bertz CT molecular complexity index is 998. The van der Waals surface area contributed by atoms with Gasteiger partial charge < -0.3 is 15.0 Å². The van der Waals surface area contributed by atoms with Crippen LogP contribution in [0.3, 0.4) is 0 Å². The van der Waals surface area contributed by atoms with Crippen LogP contribution < -0.4 is 10.1 Å². The molecule has 2 aliphatic rings.